The molecule has 0 spiro atoms. The average Bonchev–Trinajstić information content (AvgIpc) is 2.58. The summed E-state index contributed by atoms with van der Waals surface area (Å²) >= 11 is 0. The van der Waals surface area contributed by atoms with Crippen molar-refractivity contribution in [3.8, 4) is 0 Å². The minimum atomic E-state index is -0.686. The molecule has 0 aliphatic heterocycles. The van der Waals surface area contributed by atoms with E-state index in [1.54, 1.807) is 0 Å². The van der Waals surface area contributed by atoms with Crippen LogP contribution in [0.2, 0.25) is 0 Å². The Balaban J connectivity index is 2.05. The molecule has 1 aliphatic rings. The maximum absolute atomic E-state index is 11.2. The molecule has 1 fully saturated rings. The van der Waals surface area contributed by atoms with E-state index in [1.807, 2.05) is 24.5 Å². The summed E-state index contributed by atoms with van der Waals surface area (Å²) in [6.45, 7) is 4.62. The van der Waals surface area contributed by atoms with Crippen LogP contribution in [-0.4, -0.2) is 10.1 Å². The van der Waals surface area contributed by atoms with Gasteiger partial charge in [0, 0.05) is 17.8 Å². The molecule has 0 saturated heterocycles. The van der Waals surface area contributed by atoms with Gasteiger partial charge in [-0.3, -0.25) is 4.98 Å². The molecule has 3 rings (SSSR count). The molecule has 1 aromatic carbocycles. The Morgan fingerprint density at radius 1 is 1.05 bits per heavy atom. The molecule has 1 unspecified atom stereocenters. The van der Waals surface area contributed by atoms with Crippen LogP contribution in [0.1, 0.15) is 51.5 Å². The van der Waals surface area contributed by atoms with Gasteiger partial charge in [-0.05, 0) is 54.5 Å². The molecular formula is C18H23NO. The smallest absolute Gasteiger partial charge is 0.0902 e. The Bertz CT molecular complexity index is 614. The maximum Gasteiger partial charge on any atom is 0.0902 e. The van der Waals surface area contributed by atoms with Crippen molar-refractivity contribution in [2.45, 2.75) is 51.6 Å². The molecule has 2 aromatic rings. The predicted octanol–water partition coefficient (Wildman–Crippen LogP) is 4.41. The summed E-state index contributed by atoms with van der Waals surface area (Å²) in [6, 6.07) is 8.21. The number of rotatable bonds is 1. The highest BCUT2D eigenvalue weighted by Crippen LogP contribution is 2.44. The zero-order chi connectivity index (χ0) is 14.2. The van der Waals surface area contributed by atoms with E-state index in [0.29, 0.717) is 5.41 Å². The van der Waals surface area contributed by atoms with Crippen molar-refractivity contribution in [2.24, 2.45) is 5.41 Å². The molecule has 1 heterocycles. The molecule has 20 heavy (non-hydrogen) atoms. The van der Waals surface area contributed by atoms with Crippen molar-refractivity contribution in [3.63, 3.8) is 0 Å². The highest BCUT2D eigenvalue weighted by Gasteiger charge is 2.36. The summed E-state index contributed by atoms with van der Waals surface area (Å²) in [5.41, 5.74) is 0.737. The van der Waals surface area contributed by atoms with Gasteiger partial charge in [-0.2, -0.15) is 0 Å². The van der Waals surface area contributed by atoms with Gasteiger partial charge in [0.05, 0.1) is 5.60 Å². The summed E-state index contributed by atoms with van der Waals surface area (Å²) in [7, 11) is 0. The molecule has 0 amide bonds. The molecule has 1 N–H and O–H groups in total. The third-order valence-electron chi connectivity index (χ3n) is 4.84. The van der Waals surface area contributed by atoms with Crippen molar-refractivity contribution < 1.29 is 5.11 Å². The van der Waals surface area contributed by atoms with E-state index in [1.165, 1.54) is 6.42 Å². The Morgan fingerprint density at radius 2 is 1.90 bits per heavy atom. The lowest BCUT2D eigenvalue weighted by Crippen LogP contribution is -2.25. The number of nitrogens with zero attached hydrogens (tertiary/aromatic N) is 1. The maximum atomic E-state index is 11.2. The van der Waals surface area contributed by atoms with Gasteiger partial charge in [0.1, 0.15) is 0 Å². The monoisotopic (exact) mass is 269 g/mol. The van der Waals surface area contributed by atoms with Gasteiger partial charge in [-0.1, -0.05) is 32.0 Å². The molecule has 1 aromatic heterocycles. The second-order valence-electron chi connectivity index (χ2n) is 6.95. The van der Waals surface area contributed by atoms with Crippen molar-refractivity contribution >= 4 is 10.8 Å². The number of benzene rings is 1. The van der Waals surface area contributed by atoms with Crippen molar-refractivity contribution in [1.29, 1.82) is 0 Å². The van der Waals surface area contributed by atoms with Crippen molar-refractivity contribution in [2.75, 3.05) is 0 Å². The van der Waals surface area contributed by atoms with Gasteiger partial charge in [0.15, 0.2) is 0 Å². The van der Waals surface area contributed by atoms with E-state index in [2.05, 4.69) is 31.0 Å². The van der Waals surface area contributed by atoms with Crippen LogP contribution >= 0.6 is 0 Å². The zero-order valence-corrected chi connectivity index (χ0v) is 12.4. The first-order valence-electron chi connectivity index (χ1n) is 7.56. The first kappa shape index (κ1) is 13.6. The van der Waals surface area contributed by atoms with Crippen LogP contribution in [0, 0.1) is 5.41 Å². The number of pyridine rings is 1. The van der Waals surface area contributed by atoms with Crippen molar-refractivity contribution in [3.05, 3.63) is 42.2 Å². The Labute approximate surface area is 120 Å². The number of hydrogen-bond donors (Lipinski definition) is 1. The minimum absolute atomic E-state index is 0.344. The lowest BCUT2D eigenvalue weighted by molar-refractivity contribution is 0.0195. The van der Waals surface area contributed by atoms with Crippen LogP contribution in [-0.2, 0) is 5.60 Å². The highest BCUT2D eigenvalue weighted by molar-refractivity contribution is 5.85. The lowest BCUT2D eigenvalue weighted by atomic mass is 9.81. The molecule has 0 bridgehead atoms. The topological polar surface area (TPSA) is 33.1 Å². The Morgan fingerprint density at radius 3 is 2.75 bits per heavy atom. The quantitative estimate of drug-likeness (QED) is 0.778. The van der Waals surface area contributed by atoms with E-state index >= 15 is 0 Å². The molecule has 106 valence electrons. The fourth-order valence-corrected chi connectivity index (χ4v) is 3.45. The third kappa shape index (κ3) is 2.45. The summed E-state index contributed by atoms with van der Waals surface area (Å²) in [5.74, 6) is 0. The van der Waals surface area contributed by atoms with Gasteiger partial charge in [-0.25, -0.2) is 0 Å². The first-order valence-corrected chi connectivity index (χ1v) is 7.56. The summed E-state index contributed by atoms with van der Waals surface area (Å²) in [4.78, 5) is 4.18. The van der Waals surface area contributed by atoms with Crippen LogP contribution in [0.25, 0.3) is 10.8 Å². The van der Waals surface area contributed by atoms with E-state index in [-0.39, 0.29) is 0 Å². The fourth-order valence-electron chi connectivity index (χ4n) is 3.45. The number of aromatic nitrogens is 1. The predicted molar refractivity (Wildman–Crippen MR) is 82.5 cm³/mol. The van der Waals surface area contributed by atoms with Crippen LogP contribution < -0.4 is 0 Å². The SMILES string of the molecule is CC1(C)CCCC(O)(c2cccc3cnccc23)CC1. The van der Waals surface area contributed by atoms with E-state index in [0.717, 1.165) is 42.0 Å². The number of aliphatic hydroxyl groups is 1. The highest BCUT2D eigenvalue weighted by atomic mass is 16.3. The Hall–Kier alpha value is -1.41. The molecule has 1 aliphatic carbocycles. The fraction of sp³-hybridized carbons (Fsp3) is 0.500. The zero-order valence-electron chi connectivity index (χ0n) is 12.4. The van der Waals surface area contributed by atoms with Gasteiger partial charge >= 0.3 is 0 Å². The number of hydrogen-bond acceptors (Lipinski definition) is 2. The summed E-state index contributed by atoms with van der Waals surface area (Å²) in [5, 5.41) is 13.5. The minimum Gasteiger partial charge on any atom is -0.385 e. The van der Waals surface area contributed by atoms with Crippen LogP contribution in [0.15, 0.2) is 36.7 Å². The largest absolute Gasteiger partial charge is 0.385 e. The molecule has 1 saturated carbocycles. The van der Waals surface area contributed by atoms with E-state index < -0.39 is 5.60 Å². The molecule has 1 atom stereocenters. The Kier molecular flexibility index (Phi) is 3.29. The van der Waals surface area contributed by atoms with Crippen LogP contribution in [0.4, 0.5) is 0 Å². The first-order chi connectivity index (χ1) is 9.50. The standard InChI is InChI=1S/C18H23NO/c1-17(2)8-4-9-18(20,11-10-17)16-6-3-5-14-13-19-12-7-15(14)16/h3,5-7,12-13,20H,4,8-11H2,1-2H3. The molecular weight excluding hydrogens is 246 g/mol. The van der Waals surface area contributed by atoms with Gasteiger partial charge in [-0.15, -0.1) is 0 Å². The van der Waals surface area contributed by atoms with Crippen LogP contribution in [0.5, 0.6) is 0 Å². The summed E-state index contributed by atoms with van der Waals surface area (Å²) in [6.07, 6.45) is 8.76. The van der Waals surface area contributed by atoms with Crippen LogP contribution in [0.3, 0.4) is 0 Å². The van der Waals surface area contributed by atoms with E-state index in [4.69, 9.17) is 0 Å². The second kappa shape index (κ2) is 4.85. The van der Waals surface area contributed by atoms with Gasteiger partial charge < -0.3 is 5.11 Å². The lowest BCUT2D eigenvalue weighted by Gasteiger charge is -2.29. The number of fused-ring (bicyclic) bond motifs is 1. The second-order valence-corrected chi connectivity index (χ2v) is 6.95. The van der Waals surface area contributed by atoms with Gasteiger partial charge in [0.2, 0.25) is 0 Å². The summed E-state index contributed by atoms with van der Waals surface area (Å²) < 4.78 is 0. The van der Waals surface area contributed by atoms with E-state index in [9.17, 15) is 5.11 Å². The van der Waals surface area contributed by atoms with Gasteiger partial charge in [0.25, 0.3) is 0 Å². The average molecular weight is 269 g/mol. The third-order valence-corrected chi connectivity index (χ3v) is 4.84. The molecule has 2 nitrogen and oxygen atoms in total. The molecule has 0 radical (unpaired) electrons. The van der Waals surface area contributed by atoms with Crippen molar-refractivity contribution in [1.82, 2.24) is 4.98 Å². The molecule has 2 heteroatoms. The normalized spacial score (nSPS) is 26.4.